The fourth-order valence-corrected chi connectivity index (χ4v) is 6.85. The normalized spacial score (nSPS) is 28.0. The number of anilines is 1. The van der Waals surface area contributed by atoms with E-state index in [1.54, 1.807) is 58.0 Å². The number of benzene rings is 1. The van der Waals surface area contributed by atoms with Crippen LogP contribution >= 0.6 is 7.75 Å². The number of nitrogens with zero attached hydrogens (tertiary/aromatic N) is 4. The first kappa shape index (κ1) is 31.8. The van der Waals surface area contributed by atoms with Gasteiger partial charge in [0, 0.05) is 0 Å². The first-order chi connectivity index (χ1) is 20.7. The van der Waals surface area contributed by atoms with E-state index in [-0.39, 0.29) is 22.9 Å². The van der Waals surface area contributed by atoms with Gasteiger partial charge in [0.15, 0.2) is 22.7 Å². The summed E-state index contributed by atoms with van der Waals surface area (Å²) in [5.74, 6) is -2.50. The molecule has 0 radical (unpaired) electrons. The monoisotopic (exact) mass is 634 g/mol. The molecule has 44 heavy (non-hydrogen) atoms. The number of para-hydroxylation sites is 1. The van der Waals surface area contributed by atoms with Crippen LogP contribution in [-0.2, 0) is 32.9 Å². The Kier molecular flexibility index (Phi) is 8.44. The molecular formula is C28H36FN6O8P. The van der Waals surface area contributed by atoms with E-state index in [0.29, 0.717) is 0 Å². The molecule has 3 N–H and O–H groups in total. The fraction of sp³-hybridized carbons (Fsp3) is 0.536. The summed E-state index contributed by atoms with van der Waals surface area (Å²) < 4.78 is 61.2. The van der Waals surface area contributed by atoms with Gasteiger partial charge in [-0.15, -0.1) is 0 Å². The number of aromatic nitrogens is 4. The number of fused-ring (bicyclic) bond motifs is 2. The summed E-state index contributed by atoms with van der Waals surface area (Å²) in [7, 11) is -4.29. The van der Waals surface area contributed by atoms with Crippen molar-refractivity contribution in [2.75, 3.05) is 12.3 Å². The molecule has 1 saturated heterocycles. The highest BCUT2D eigenvalue weighted by Crippen LogP contribution is 2.69. The van der Waals surface area contributed by atoms with Crippen molar-refractivity contribution >= 4 is 31.2 Å². The molecule has 7 atom stereocenters. The highest BCUT2D eigenvalue weighted by atomic mass is 31.2. The molecule has 3 aromatic rings. The van der Waals surface area contributed by atoms with Gasteiger partial charge in [-0.05, 0) is 39.8 Å². The number of alkyl halides is 1. The van der Waals surface area contributed by atoms with Gasteiger partial charge in [-0.2, -0.15) is 10.2 Å². The van der Waals surface area contributed by atoms with Crippen LogP contribution in [0.25, 0.3) is 5.65 Å². The van der Waals surface area contributed by atoms with Crippen LogP contribution in [0.1, 0.15) is 53.3 Å². The van der Waals surface area contributed by atoms with Gasteiger partial charge in [0.1, 0.15) is 30.3 Å². The molecule has 2 aliphatic rings. The second-order valence-electron chi connectivity index (χ2n) is 11.6. The third-order valence-electron chi connectivity index (χ3n) is 7.59. The van der Waals surface area contributed by atoms with Gasteiger partial charge < -0.3 is 24.5 Å². The van der Waals surface area contributed by atoms with Crippen molar-refractivity contribution in [3.05, 3.63) is 48.5 Å². The number of imidazole rings is 1. The molecule has 1 saturated carbocycles. The van der Waals surface area contributed by atoms with Crippen molar-refractivity contribution in [1.82, 2.24) is 24.7 Å². The van der Waals surface area contributed by atoms with Gasteiger partial charge in [-0.1, -0.05) is 32.0 Å². The van der Waals surface area contributed by atoms with Gasteiger partial charge in [-0.3, -0.25) is 14.1 Å². The van der Waals surface area contributed by atoms with Crippen LogP contribution in [0.5, 0.6) is 5.75 Å². The first-order valence-corrected chi connectivity index (χ1v) is 15.7. The molecule has 3 heterocycles. The van der Waals surface area contributed by atoms with Crippen LogP contribution in [0, 0.1) is 11.8 Å². The second kappa shape index (κ2) is 11.7. The summed E-state index contributed by atoms with van der Waals surface area (Å²) in [5.41, 5.74) is 2.23. The lowest BCUT2D eigenvalue weighted by molar-refractivity contribution is -0.168. The molecule has 1 aliphatic heterocycles. The summed E-state index contributed by atoms with van der Waals surface area (Å²) in [6, 6.07) is 7.12. The van der Waals surface area contributed by atoms with E-state index in [4.69, 9.17) is 29.0 Å². The minimum atomic E-state index is -4.29. The van der Waals surface area contributed by atoms with Crippen LogP contribution in [0.15, 0.2) is 42.9 Å². The highest BCUT2D eigenvalue weighted by Gasteiger charge is 2.86. The second-order valence-corrected chi connectivity index (χ2v) is 13.3. The largest absolute Gasteiger partial charge is 0.462 e. The lowest BCUT2D eigenvalue weighted by Crippen LogP contribution is -2.46. The number of nitrogen functional groups attached to an aromatic ring is 1. The molecule has 2 aromatic heterocycles. The number of esters is 2. The van der Waals surface area contributed by atoms with Crippen molar-refractivity contribution in [3.63, 3.8) is 0 Å². The maximum absolute atomic E-state index is 17.1. The molecule has 1 aromatic carbocycles. The average Bonchev–Trinajstić information content (AvgIpc) is 3.22. The zero-order chi connectivity index (χ0) is 32.0. The molecular weight excluding hydrogens is 598 g/mol. The average molecular weight is 635 g/mol. The molecule has 0 bridgehead atoms. The Morgan fingerprint density at radius 1 is 1.16 bits per heavy atom. The number of hydrogen-bond donors (Lipinski definition) is 2. The molecule has 1 aliphatic carbocycles. The van der Waals surface area contributed by atoms with E-state index in [2.05, 4.69) is 20.2 Å². The van der Waals surface area contributed by atoms with Crippen molar-refractivity contribution in [3.8, 4) is 5.75 Å². The van der Waals surface area contributed by atoms with E-state index in [9.17, 15) is 14.2 Å². The Labute approximate surface area is 253 Å². The predicted molar refractivity (Wildman–Crippen MR) is 154 cm³/mol. The number of rotatable bonds is 12. The highest BCUT2D eigenvalue weighted by molar-refractivity contribution is 7.52. The molecule has 238 valence electrons. The Hall–Kier alpha value is -3.65. The quantitative estimate of drug-likeness (QED) is 0.218. The minimum absolute atomic E-state index is 0.0929. The zero-order valence-electron chi connectivity index (χ0n) is 25.2. The third kappa shape index (κ3) is 5.65. The third-order valence-corrected chi connectivity index (χ3v) is 9.23. The van der Waals surface area contributed by atoms with Crippen molar-refractivity contribution < 1.29 is 41.8 Å². The van der Waals surface area contributed by atoms with Crippen LogP contribution in [0.4, 0.5) is 10.2 Å². The first-order valence-electron chi connectivity index (χ1n) is 14.2. The molecule has 7 unspecified atom stereocenters. The number of carbonyl (C=O) groups is 2. The standard InChI is InChI=1S/C28H36FN6O8P/c1-15(2)25(36)42-28-19(21(28)41-22(27(28,6)29)20-12-31-24-23(30)32-14-33-35(20)24)13-39-44(38,43-18-10-8-7-9-11-18)34-17(5)26(37)40-16(3)4/h7-12,14-17,19,21-22H,13H2,1-6H3,(H,34,38)(H2,30,32,33). The van der Waals surface area contributed by atoms with Gasteiger partial charge >= 0.3 is 19.7 Å². The summed E-state index contributed by atoms with van der Waals surface area (Å²) in [4.78, 5) is 33.5. The molecule has 14 nitrogen and oxygen atoms in total. The molecule has 0 amide bonds. The van der Waals surface area contributed by atoms with Crippen molar-refractivity contribution in [2.24, 2.45) is 11.8 Å². The van der Waals surface area contributed by atoms with E-state index in [1.165, 1.54) is 30.9 Å². The van der Waals surface area contributed by atoms with E-state index >= 15 is 4.39 Å². The number of nitrogens with two attached hydrogens (primary N) is 1. The van der Waals surface area contributed by atoms with E-state index < -0.39 is 73.8 Å². The van der Waals surface area contributed by atoms with Crippen LogP contribution < -0.4 is 15.3 Å². The van der Waals surface area contributed by atoms with E-state index in [1.807, 2.05) is 0 Å². The summed E-state index contributed by atoms with van der Waals surface area (Å²) >= 11 is 0. The number of carbonyl (C=O) groups excluding carboxylic acids is 2. The Morgan fingerprint density at radius 3 is 2.52 bits per heavy atom. The Balaban J connectivity index is 1.42. The SMILES string of the molecule is CC(C)OC(=O)C(C)NP(=O)(OCC1C2OC(c3cnc4c(N)ncnn34)C(C)(F)C12OC(=O)C(C)C)Oc1ccccc1. The fourth-order valence-electron chi connectivity index (χ4n) is 5.34. The number of hydrogen-bond acceptors (Lipinski definition) is 12. The van der Waals surface area contributed by atoms with Crippen LogP contribution in [0.2, 0.25) is 0 Å². The predicted octanol–water partition coefficient (Wildman–Crippen LogP) is 3.58. The lowest BCUT2D eigenvalue weighted by atomic mass is 9.89. The summed E-state index contributed by atoms with van der Waals surface area (Å²) in [6.45, 7) is 8.91. The number of halogens is 1. The number of ether oxygens (including phenoxy) is 3. The molecule has 0 spiro atoms. The van der Waals surface area contributed by atoms with Gasteiger partial charge in [-0.25, -0.2) is 23.4 Å². The van der Waals surface area contributed by atoms with Crippen molar-refractivity contribution in [2.45, 2.75) is 77.2 Å². The molecule has 2 fully saturated rings. The van der Waals surface area contributed by atoms with Gasteiger partial charge in [0.05, 0.1) is 36.4 Å². The van der Waals surface area contributed by atoms with Gasteiger partial charge in [0.2, 0.25) is 0 Å². The summed E-state index contributed by atoms with van der Waals surface area (Å²) in [5, 5.41) is 6.74. The maximum atomic E-state index is 17.1. The Bertz CT molecular complexity index is 1590. The number of nitrogens with one attached hydrogen (secondary N) is 1. The smallest absolute Gasteiger partial charge is 0.459 e. The zero-order valence-corrected chi connectivity index (χ0v) is 26.1. The van der Waals surface area contributed by atoms with E-state index in [0.717, 1.165) is 0 Å². The topological polar surface area (TPSA) is 178 Å². The van der Waals surface area contributed by atoms with Crippen molar-refractivity contribution in [1.29, 1.82) is 0 Å². The lowest BCUT2D eigenvalue weighted by Gasteiger charge is -2.33. The van der Waals surface area contributed by atoms with Crippen LogP contribution in [0.3, 0.4) is 0 Å². The van der Waals surface area contributed by atoms with Gasteiger partial charge in [0.25, 0.3) is 0 Å². The Morgan fingerprint density at radius 2 is 1.86 bits per heavy atom. The molecule has 5 rings (SSSR count). The minimum Gasteiger partial charge on any atom is -0.462 e. The summed E-state index contributed by atoms with van der Waals surface area (Å²) in [6.07, 6.45) is -0.0703. The molecule has 16 heteroatoms. The van der Waals surface area contributed by atoms with Crippen LogP contribution in [-0.4, -0.2) is 67.6 Å². The maximum Gasteiger partial charge on any atom is 0.459 e.